The van der Waals surface area contributed by atoms with E-state index in [-0.39, 0.29) is 0 Å². The van der Waals surface area contributed by atoms with Crippen molar-refractivity contribution in [1.82, 2.24) is 15.1 Å². The predicted octanol–water partition coefficient (Wildman–Crippen LogP) is 3.14. The summed E-state index contributed by atoms with van der Waals surface area (Å²) in [6, 6.07) is 6.06. The largest absolute Gasteiger partial charge is 0.361 e. The van der Waals surface area contributed by atoms with Crippen molar-refractivity contribution < 1.29 is 4.52 Å². The molecule has 86 valence electrons. The summed E-state index contributed by atoms with van der Waals surface area (Å²) in [5.41, 5.74) is 5.23. The summed E-state index contributed by atoms with van der Waals surface area (Å²) >= 11 is 0. The van der Waals surface area contributed by atoms with Gasteiger partial charge in [0.25, 0.3) is 0 Å². The van der Waals surface area contributed by atoms with E-state index in [9.17, 15) is 0 Å². The monoisotopic (exact) mass is 227 g/mol. The van der Waals surface area contributed by atoms with Crippen molar-refractivity contribution in [2.45, 2.75) is 20.8 Å². The van der Waals surface area contributed by atoms with Gasteiger partial charge >= 0.3 is 0 Å². The maximum absolute atomic E-state index is 5.05. The fraction of sp³-hybridized carbons (Fsp3) is 0.231. The second-order valence-electron chi connectivity index (χ2n) is 4.36. The Kier molecular flexibility index (Phi) is 2.04. The van der Waals surface area contributed by atoms with E-state index in [0.29, 0.717) is 0 Å². The van der Waals surface area contributed by atoms with Gasteiger partial charge in [-0.2, -0.15) is 0 Å². The highest BCUT2D eigenvalue weighted by molar-refractivity contribution is 5.80. The van der Waals surface area contributed by atoms with Crippen LogP contribution in [0.15, 0.2) is 22.7 Å². The number of H-pyrrole nitrogens is 1. The first-order valence-corrected chi connectivity index (χ1v) is 5.54. The standard InChI is InChI=1S/C13H13N3O/c1-7-4-10-11(5-8(7)2)15-13(14-10)12-6-9(3)17-16-12/h4-6H,1-3H3,(H,14,15). The van der Waals surface area contributed by atoms with Crippen LogP contribution in [0.25, 0.3) is 22.6 Å². The third kappa shape index (κ3) is 1.62. The van der Waals surface area contributed by atoms with Crippen molar-refractivity contribution in [3.05, 3.63) is 35.1 Å². The van der Waals surface area contributed by atoms with Gasteiger partial charge in [-0.25, -0.2) is 4.98 Å². The molecule has 17 heavy (non-hydrogen) atoms. The van der Waals surface area contributed by atoms with Crippen LogP contribution in [0.3, 0.4) is 0 Å². The Morgan fingerprint density at radius 3 is 2.53 bits per heavy atom. The minimum Gasteiger partial charge on any atom is -0.361 e. The number of benzene rings is 1. The number of nitrogens with one attached hydrogen (secondary N) is 1. The molecule has 0 aliphatic heterocycles. The highest BCUT2D eigenvalue weighted by Gasteiger charge is 2.10. The zero-order valence-corrected chi connectivity index (χ0v) is 10.0. The van der Waals surface area contributed by atoms with Gasteiger partial charge in [0.2, 0.25) is 0 Å². The van der Waals surface area contributed by atoms with Gasteiger partial charge in [0.15, 0.2) is 5.82 Å². The molecule has 0 unspecified atom stereocenters. The second kappa shape index (κ2) is 3.45. The molecule has 0 aliphatic rings. The molecule has 2 heterocycles. The first-order chi connectivity index (χ1) is 8.13. The molecule has 0 atom stereocenters. The molecule has 0 saturated carbocycles. The van der Waals surface area contributed by atoms with Gasteiger partial charge in [0.1, 0.15) is 11.5 Å². The number of hydrogen-bond donors (Lipinski definition) is 1. The van der Waals surface area contributed by atoms with Crippen LogP contribution in [0.4, 0.5) is 0 Å². The van der Waals surface area contributed by atoms with Gasteiger partial charge in [-0.3, -0.25) is 0 Å². The maximum atomic E-state index is 5.05. The van der Waals surface area contributed by atoms with Crippen molar-refractivity contribution >= 4 is 11.0 Å². The molecule has 0 amide bonds. The van der Waals surface area contributed by atoms with Crippen molar-refractivity contribution in [2.24, 2.45) is 0 Å². The number of imidazole rings is 1. The quantitative estimate of drug-likeness (QED) is 0.694. The average molecular weight is 227 g/mol. The van der Waals surface area contributed by atoms with Crippen molar-refractivity contribution in [2.75, 3.05) is 0 Å². The van der Waals surface area contributed by atoms with Gasteiger partial charge in [0.05, 0.1) is 11.0 Å². The van der Waals surface area contributed by atoms with E-state index in [1.54, 1.807) is 0 Å². The lowest BCUT2D eigenvalue weighted by Crippen LogP contribution is -1.79. The molecule has 4 heteroatoms. The second-order valence-corrected chi connectivity index (χ2v) is 4.36. The molecule has 2 aromatic heterocycles. The summed E-state index contributed by atoms with van der Waals surface area (Å²) in [6.45, 7) is 6.05. The van der Waals surface area contributed by atoms with Crippen LogP contribution >= 0.6 is 0 Å². The first-order valence-electron chi connectivity index (χ1n) is 5.54. The molecule has 0 saturated heterocycles. The van der Waals surface area contributed by atoms with Crippen LogP contribution in [-0.2, 0) is 0 Å². The number of rotatable bonds is 1. The molecule has 0 spiro atoms. The SMILES string of the molecule is Cc1cc(-c2nc3cc(C)c(C)cc3[nH]2)no1. The van der Waals surface area contributed by atoms with Crippen LogP contribution < -0.4 is 0 Å². The average Bonchev–Trinajstić information content (AvgIpc) is 2.85. The van der Waals surface area contributed by atoms with E-state index < -0.39 is 0 Å². The van der Waals surface area contributed by atoms with Crippen LogP contribution in [0.5, 0.6) is 0 Å². The minimum atomic E-state index is 0.744. The van der Waals surface area contributed by atoms with E-state index in [0.717, 1.165) is 28.3 Å². The summed E-state index contributed by atoms with van der Waals surface area (Å²) in [4.78, 5) is 7.78. The Balaban J connectivity index is 2.19. The zero-order chi connectivity index (χ0) is 12.0. The molecule has 3 rings (SSSR count). The van der Waals surface area contributed by atoms with Crippen molar-refractivity contribution in [3.63, 3.8) is 0 Å². The molecular weight excluding hydrogens is 214 g/mol. The summed E-state index contributed by atoms with van der Waals surface area (Å²) in [7, 11) is 0. The Morgan fingerprint density at radius 1 is 1.06 bits per heavy atom. The highest BCUT2D eigenvalue weighted by Crippen LogP contribution is 2.22. The van der Waals surface area contributed by atoms with Crippen LogP contribution in [0.1, 0.15) is 16.9 Å². The van der Waals surface area contributed by atoms with E-state index in [1.807, 2.05) is 13.0 Å². The molecule has 0 aliphatic carbocycles. The molecule has 0 bridgehead atoms. The lowest BCUT2D eigenvalue weighted by atomic mass is 10.1. The number of fused-ring (bicyclic) bond motifs is 1. The summed E-state index contributed by atoms with van der Waals surface area (Å²) in [6.07, 6.45) is 0. The van der Waals surface area contributed by atoms with Gasteiger partial charge in [-0.05, 0) is 44.0 Å². The Bertz CT molecular complexity index is 655. The van der Waals surface area contributed by atoms with E-state index in [4.69, 9.17) is 4.52 Å². The molecule has 3 aromatic rings. The lowest BCUT2D eigenvalue weighted by Gasteiger charge is -1.97. The van der Waals surface area contributed by atoms with Gasteiger partial charge < -0.3 is 9.51 Å². The maximum Gasteiger partial charge on any atom is 0.160 e. The number of aryl methyl sites for hydroxylation is 3. The van der Waals surface area contributed by atoms with E-state index in [1.165, 1.54) is 11.1 Å². The van der Waals surface area contributed by atoms with Crippen molar-refractivity contribution in [3.8, 4) is 11.5 Å². The van der Waals surface area contributed by atoms with Gasteiger partial charge in [0, 0.05) is 6.07 Å². The smallest absolute Gasteiger partial charge is 0.160 e. The minimum absolute atomic E-state index is 0.744. The normalized spacial score (nSPS) is 11.2. The molecular formula is C13H13N3O. The van der Waals surface area contributed by atoms with Gasteiger partial charge in [-0.15, -0.1) is 0 Å². The highest BCUT2D eigenvalue weighted by atomic mass is 16.5. The van der Waals surface area contributed by atoms with E-state index in [2.05, 4.69) is 41.1 Å². The number of nitrogens with zero attached hydrogens (tertiary/aromatic N) is 2. The lowest BCUT2D eigenvalue weighted by molar-refractivity contribution is 0.399. The molecule has 1 N–H and O–H groups in total. The molecule has 1 aromatic carbocycles. The number of hydrogen-bond acceptors (Lipinski definition) is 3. The third-order valence-corrected chi connectivity index (χ3v) is 2.97. The molecule has 0 fully saturated rings. The fourth-order valence-electron chi connectivity index (χ4n) is 1.87. The Labute approximate surface area is 98.7 Å². The van der Waals surface area contributed by atoms with Crippen LogP contribution in [-0.4, -0.2) is 15.1 Å². The van der Waals surface area contributed by atoms with E-state index >= 15 is 0 Å². The third-order valence-electron chi connectivity index (χ3n) is 2.97. The van der Waals surface area contributed by atoms with Gasteiger partial charge in [-0.1, -0.05) is 5.16 Å². The van der Waals surface area contributed by atoms with Crippen LogP contribution in [0, 0.1) is 20.8 Å². The number of aromatic amines is 1. The first kappa shape index (κ1) is 10.1. The zero-order valence-electron chi connectivity index (χ0n) is 10.0. The summed E-state index contributed by atoms with van der Waals surface area (Å²) < 4.78 is 5.05. The fourth-order valence-corrected chi connectivity index (χ4v) is 1.87. The Hall–Kier alpha value is -2.10. The van der Waals surface area contributed by atoms with Crippen LogP contribution in [0.2, 0.25) is 0 Å². The van der Waals surface area contributed by atoms with Crippen molar-refractivity contribution in [1.29, 1.82) is 0 Å². The Morgan fingerprint density at radius 2 is 1.82 bits per heavy atom. The number of aromatic nitrogens is 3. The predicted molar refractivity (Wildman–Crippen MR) is 65.8 cm³/mol. The summed E-state index contributed by atoms with van der Waals surface area (Å²) in [5, 5.41) is 3.96. The molecule has 0 radical (unpaired) electrons. The summed E-state index contributed by atoms with van der Waals surface area (Å²) in [5.74, 6) is 1.54. The molecule has 4 nitrogen and oxygen atoms in total. The topological polar surface area (TPSA) is 54.7 Å².